The summed E-state index contributed by atoms with van der Waals surface area (Å²) >= 11 is 0. The van der Waals surface area contributed by atoms with Crippen molar-refractivity contribution in [1.82, 2.24) is 5.32 Å². The maximum absolute atomic E-state index is 12.6. The molecule has 4 heteroatoms. The molecule has 1 aliphatic carbocycles. The first-order valence-electron chi connectivity index (χ1n) is 8.25. The van der Waals surface area contributed by atoms with Crippen LogP contribution in [-0.4, -0.2) is 11.8 Å². The molecule has 1 aliphatic rings. The van der Waals surface area contributed by atoms with E-state index >= 15 is 0 Å². The van der Waals surface area contributed by atoms with Gasteiger partial charge in [0.25, 0.3) is 0 Å². The number of rotatable bonds is 5. The van der Waals surface area contributed by atoms with E-state index in [4.69, 9.17) is 0 Å². The van der Waals surface area contributed by atoms with Crippen molar-refractivity contribution in [3.63, 3.8) is 0 Å². The van der Waals surface area contributed by atoms with Crippen LogP contribution < -0.4 is 10.6 Å². The monoisotopic (exact) mass is 322 g/mol. The van der Waals surface area contributed by atoms with E-state index in [1.807, 2.05) is 68.4 Å². The lowest BCUT2D eigenvalue weighted by Gasteiger charge is -2.20. The molecule has 2 aromatic rings. The topological polar surface area (TPSA) is 58.2 Å². The molecule has 1 saturated carbocycles. The SMILES string of the molecule is Cc1cccc(NC(=O)C2(C(=O)NC(C)c3ccccc3)CC2)c1. The molecule has 1 fully saturated rings. The minimum absolute atomic E-state index is 0.122. The quantitative estimate of drug-likeness (QED) is 0.827. The molecule has 2 amide bonds. The first-order valence-corrected chi connectivity index (χ1v) is 8.25. The summed E-state index contributed by atoms with van der Waals surface area (Å²) in [5, 5.41) is 5.86. The Labute approximate surface area is 142 Å². The lowest BCUT2D eigenvalue weighted by Crippen LogP contribution is -2.41. The minimum atomic E-state index is -0.924. The normalized spacial score (nSPS) is 16.1. The summed E-state index contributed by atoms with van der Waals surface area (Å²) in [7, 11) is 0. The van der Waals surface area contributed by atoms with Gasteiger partial charge in [0.15, 0.2) is 0 Å². The minimum Gasteiger partial charge on any atom is -0.349 e. The Morgan fingerprint density at radius 3 is 2.33 bits per heavy atom. The van der Waals surface area contributed by atoms with Crippen LogP contribution in [0.2, 0.25) is 0 Å². The van der Waals surface area contributed by atoms with Crippen molar-refractivity contribution in [2.24, 2.45) is 5.41 Å². The highest BCUT2D eigenvalue weighted by atomic mass is 16.2. The number of aryl methyl sites for hydroxylation is 1. The molecule has 1 atom stereocenters. The van der Waals surface area contributed by atoms with Gasteiger partial charge in [0.1, 0.15) is 5.41 Å². The van der Waals surface area contributed by atoms with Crippen molar-refractivity contribution in [2.45, 2.75) is 32.7 Å². The van der Waals surface area contributed by atoms with Gasteiger partial charge in [-0.1, -0.05) is 42.5 Å². The van der Waals surface area contributed by atoms with Gasteiger partial charge in [0.05, 0.1) is 6.04 Å². The van der Waals surface area contributed by atoms with E-state index in [1.54, 1.807) is 0 Å². The number of hydrogen-bond acceptors (Lipinski definition) is 2. The average Bonchev–Trinajstić information content (AvgIpc) is 3.37. The predicted octanol–water partition coefficient (Wildman–Crippen LogP) is 3.59. The van der Waals surface area contributed by atoms with Gasteiger partial charge in [-0.05, 0) is 49.9 Å². The van der Waals surface area contributed by atoms with Gasteiger partial charge in [-0.2, -0.15) is 0 Å². The van der Waals surface area contributed by atoms with Crippen molar-refractivity contribution in [2.75, 3.05) is 5.32 Å². The van der Waals surface area contributed by atoms with E-state index in [1.165, 1.54) is 0 Å². The second-order valence-electron chi connectivity index (χ2n) is 6.51. The van der Waals surface area contributed by atoms with Crippen LogP contribution in [0.25, 0.3) is 0 Å². The lowest BCUT2D eigenvalue weighted by molar-refractivity contribution is -0.134. The van der Waals surface area contributed by atoms with E-state index < -0.39 is 5.41 Å². The fourth-order valence-corrected chi connectivity index (χ4v) is 2.82. The number of carbonyl (C=O) groups excluding carboxylic acids is 2. The molecule has 0 bridgehead atoms. The zero-order valence-electron chi connectivity index (χ0n) is 14.0. The Bertz CT molecular complexity index is 751. The Kier molecular flexibility index (Phi) is 4.38. The third-order valence-electron chi connectivity index (χ3n) is 4.54. The van der Waals surface area contributed by atoms with Crippen LogP contribution in [0.1, 0.15) is 36.9 Å². The molecule has 4 nitrogen and oxygen atoms in total. The number of benzene rings is 2. The second kappa shape index (κ2) is 6.48. The number of nitrogens with one attached hydrogen (secondary N) is 2. The molecule has 1 unspecified atom stereocenters. The van der Waals surface area contributed by atoms with E-state index in [0.29, 0.717) is 12.8 Å². The molecular weight excluding hydrogens is 300 g/mol. The van der Waals surface area contributed by atoms with E-state index in [2.05, 4.69) is 10.6 Å². The summed E-state index contributed by atoms with van der Waals surface area (Å²) in [6, 6.07) is 17.2. The maximum atomic E-state index is 12.6. The molecule has 0 aliphatic heterocycles. The standard InChI is InChI=1S/C20H22N2O2/c1-14-7-6-10-17(13-14)22-19(24)20(11-12-20)18(23)21-15(2)16-8-4-3-5-9-16/h3-10,13,15H,11-12H2,1-2H3,(H,21,23)(H,22,24). The molecule has 2 aromatic carbocycles. The van der Waals surface area contributed by atoms with Crippen LogP contribution in [0.4, 0.5) is 5.69 Å². The van der Waals surface area contributed by atoms with Crippen LogP contribution in [0.3, 0.4) is 0 Å². The van der Waals surface area contributed by atoms with Crippen LogP contribution in [-0.2, 0) is 9.59 Å². The summed E-state index contributed by atoms with van der Waals surface area (Å²) in [6.07, 6.45) is 1.19. The van der Waals surface area contributed by atoms with Gasteiger partial charge in [-0.15, -0.1) is 0 Å². The molecule has 0 radical (unpaired) electrons. The highest BCUT2D eigenvalue weighted by Crippen LogP contribution is 2.47. The van der Waals surface area contributed by atoms with Gasteiger partial charge >= 0.3 is 0 Å². The number of carbonyl (C=O) groups is 2. The molecule has 0 spiro atoms. The molecule has 0 aromatic heterocycles. The summed E-state index contributed by atoms with van der Waals surface area (Å²) in [6.45, 7) is 3.90. The lowest BCUT2D eigenvalue weighted by atomic mass is 10.0. The number of anilines is 1. The van der Waals surface area contributed by atoms with Gasteiger partial charge in [-0.25, -0.2) is 0 Å². The molecule has 0 saturated heterocycles. The Balaban J connectivity index is 1.66. The van der Waals surface area contributed by atoms with Crippen molar-refractivity contribution < 1.29 is 9.59 Å². The molecule has 124 valence electrons. The average molecular weight is 322 g/mol. The van der Waals surface area contributed by atoms with Crippen molar-refractivity contribution in [3.05, 3.63) is 65.7 Å². The second-order valence-corrected chi connectivity index (χ2v) is 6.51. The zero-order valence-corrected chi connectivity index (χ0v) is 14.0. The summed E-state index contributed by atoms with van der Waals surface area (Å²) in [5.41, 5.74) is 1.91. The fourth-order valence-electron chi connectivity index (χ4n) is 2.82. The van der Waals surface area contributed by atoms with Gasteiger partial charge in [-0.3, -0.25) is 9.59 Å². The largest absolute Gasteiger partial charge is 0.349 e. The van der Waals surface area contributed by atoms with Crippen LogP contribution in [0, 0.1) is 12.3 Å². The first-order chi connectivity index (χ1) is 11.5. The first kappa shape index (κ1) is 16.2. The van der Waals surface area contributed by atoms with Crippen molar-refractivity contribution in [3.8, 4) is 0 Å². The Hall–Kier alpha value is -2.62. The van der Waals surface area contributed by atoms with E-state index in [9.17, 15) is 9.59 Å². The Morgan fingerprint density at radius 1 is 1.00 bits per heavy atom. The number of amides is 2. The number of hydrogen-bond donors (Lipinski definition) is 2. The Morgan fingerprint density at radius 2 is 1.71 bits per heavy atom. The molecule has 24 heavy (non-hydrogen) atoms. The van der Waals surface area contributed by atoms with Crippen molar-refractivity contribution in [1.29, 1.82) is 0 Å². The highest BCUT2D eigenvalue weighted by molar-refractivity contribution is 6.13. The predicted molar refractivity (Wildman–Crippen MR) is 94.5 cm³/mol. The van der Waals surface area contributed by atoms with Gasteiger partial charge in [0, 0.05) is 5.69 Å². The van der Waals surface area contributed by atoms with Gasteiger partial charge < -0.3 is 10.6 Å². The third-order valence-corrected chi connectivity index (χ3v) is 4.54. The van der Waals surface area contributed by atoms with Crippen LogP contribution >= 0.6 is 0 Å². The zero-order chi connectivity index (χ0) is 17.2. The van der Waals surface area contributed by atoms with Crippen LogP contribution in [0.5, 0.6) is 0 Å². The summed E-state index contributed by atoms with van der Waals surface area (Å²) in [5.74, 6) is -0.408. The third kappa shape index (κ3) is 3.32. The molecule has 0 heterocycles. The van der Waals surface area contributed by atoms with Crippen LogP contribution in [0.15, 0.2) is 54.6 Å². The van der Waals surface area contributed by atoms with Gasteiger partial charge in [0.2, 0.25) is 11.8 Å². The maximum Gasteiger partial charge on any atom is 0.240 e. The van der Waals surface area contributed by atoms with E-state index in [0.717, 1.165) is 16.8 Å². The van der Waals surface area contributed by atoms with Crippen molar-refractivity contribution >= 4 is 17.5 Å². The summed E-state index contributed by atoms with van der Waals surface area (Å²) < 4.78 is 0. The van der Waals surface area contributed by atoms with E-state index in [-0.39, 0.29) is 17.9 Å². The molecule has 3 rings (SSSR count). The fraction of sp³-hybridized carbons (Fsp3) is 0.300. The summed E-state index contributed by atoms with van der Waals surface area (Å²) in [4.78, 5) is 25.2. The molecule has 2 N–H and O–H groups in total. The smallest absolute Gasteiger partial charge is 0.240 e. The molecular formula is C20H22N2O2. The highest BCUT2D eigenvalue weighted by Gasteiger charge is 2.56.